The molecule has 0 atom stereocenters. The molecule has 0 unspecified atom stereocenters. The Labute approximate surface area is 181 Å². The van der Waals surface area contributed by atoms with Gasteiger partial charge in [0, 0.05) is 5.56 Å². The minimum Gasteiger partial charge on any atom is -0.338 e. The second-order valence-electron chi connectivity index (χ2n) is 6.97. The summed E-state index contributed by atoms with van der Waals surface area (Å²) in [5.74, 6) is 1.08. The van der Waals surface area contributed by atoms with Crippen molar-refractivity contribution < 1.29 is 8.91 Å². The van der Waals surface area contributed by atoms with E-state index >= 15 is 0 Å². The van der Waals surface area contributed by atoms with Crippen LogP contribution in [-0.4, -0.2) is 29.9 Å². The topological polar surface area (TPSA) is 82.5 Å². The van der Waals surface area contributed by atoms with Crippen LogP contribution in [0, 0.1) is 12.7 Å². The van der Waals surface area contributed by atoms with Gasteiger partial charge in [0.05, 0.1) is 23.9 Å². The van der Waals surface area contributed by atoms with E-state index in [1.165, 1.54) is 24.2 Å². The number of hydrogen-bond acceptors (Lipinski definition) is 7. The van der Waals surface area contributed by atoms with Gasteiger partial charge in [-0.05, 0) is 36.2 Å². The van der Waals surface area contributed by atoms with Crippen LogP contribution in [0.1, 0.15) is 17.0 Å². The van der Waals surface area contributed by atoms with Crippen molar-refractivity contribution in [3.63, 3.8) is 0 Å². The molecule has 9 heteroatoms. The molecule has 0 saturated heterocycles. The van der Waals surface area contributed by atoms with Gasteiger partial charge in [-0.3, -0.25) is 0 Å². The maximum atomic E-state index is 13.5. The molecule has 0 aliphatic heterocycles. The molecule has 5 aromatic rings. The Morgan fingerprint density at radius 3 is 2.81 bits per heavy atom. The zero-order chi connectivity index (χ0) is 21.2. The summed E-state index contributed by atoms with van der Waals surface area (Å²) in [6.07, 6.45) is 3.31. The lowest BCUT2D eigenvalue weighted by Gasteiger charge is -2.04. The number of benzene rings is 2. The summed E-state index contributed by atoms with van der Waals surface area (Å²) in [7, 11) is 0. The van der Waals surface area contributed by atoms with Crippen molar-refractivity contribution in [2.75, 3.05) is 0 Å². The maximum absolute atomic E-state index is 13.5. The average molecular weight is 432 g/mol. The maximum Gasteiger partial charge on any atom is 0.237 e. The molecule has 0 aliphatic carbocycles. The predicted molar refractivity (Wildman–Crippen MR) is 115 cm³/mol. The minimum atomic E-state index is -0.261. The van der Waals surface area contributed by atoms with Crippen LogP contribution < -0.4 is 0 Å². The van der Waals surface area contributed by atoms with Crippen molar-refractivity contribution in [1.29, 1.82) is 0 Å². The normalized spacial score (nSPS) is 11.3. The lowest BCUT2D eigenvalue weighted by molar-refractivity contribution is 0.391. The molecule has 5 rings (SSSR count). The smallest absolute Gasteiger partial charge is 0.237 e. The fraction of sp³-hybridized carbons (Fsp3) is 0.136. The van der Waals surface area contributed by atoms with Crippen LogP contribution in [-0.2, 0) is 12.3 Å². The Bertz CT molecular complexity index is 1350. The van der Waals surface area contributed by atoms with Gasteiger partial charge in [-0.1, -0.05) is 47.3 Å². The lowest BCUT2D eigenvalue weighted by atomic mass is 10.1. The highest BCUT2D eigenvalue weighted by molar-refractivity contribution is 7.98. The number of rotatable bonds is 6. The summed E-state index contributed by atoms with van der Waals surface area (Å²) in [4.78, 5) is 13.2. The number of fused-ring (bicyclic) bond motifs is 1. The van der Waals surface area contributed by atoms with Gasteiger partial charge >= 0.3 is 0 Å². The van der Waals surface area contributed by atoms with E-state index in [1.54, 1.807) is 25.3 Å². The number of halogens is 1. The highest BCUT2D eigenvalue weighted by atomic mass is 32.2. The van der Waals surface area contributed by atoms with Crippen LogP contribution >= 0.6 is 11.8 Å². The summed E-state index contributed by atoms with van der Waals surface area (Å²) in [5, 5.41) is 10.2. The Hall–Kier alpha value is -3.59. The third kappa shape index (κ3) is 4.04. The van der Waals surface area contributed by atoms with Gasteiger partial charge in [0.15, 0.2) is 5.65 Å². The van der Waals surface area contributed by atoms with Gasteiger partial charge in [-0.25, -0.2) is 19.0 Å². The van der Waals surface area contributed by atoms with Crippen LogP contribution in [0.15, 0.2) is 70.6 Å². The van der Waals surface area contributed by atoms with Crippen molar-refractivity contribution in [2.24, 2.45) is 0 Å². The molecule has 0 amide bonds. The number of aromatic nitrogens is 6. The molecule has 0 aliphatic rings. The molecule has 3 heterocycles. The fourth-order valence-corrected chi connectivity index (χ4v) is 4.00. The van der Waals surface area contributed by atoms with Crippen LogP contribution in [0.25, 0.3) is 22.4 Å². The van der Waals surface area contributed by atoms with Crippen LogP contribution in [0.5, 0.6) is 0 Å². The molecule has 0 N–H and O–H groups in total. The highest BCUT2D eigenvalue weighted by Gasteiger charge is 2.14. The predicted octanol–water partition coefficient (Wildman–Crippen LogP) is 4.66. The van der Waals surface area contributed by atoms with Crippen LogP contribution in [0.3, 0.4) is 0 Å². The van der Waals surface area contributed by atoms with Crippen LogP contribution in [0.2, 0.25) is 0 Å². The van der Waals surface area contributed by atoms with Gasteiger partial charge in [-0.15, -0.1) is 0 Å². The lowest BCUT2D eigenvalue weighted by Crippen LogP contribution is -2.02. The van der Waals surface area contributed by atoms with E-state index in [2.05, 4.69) is 37.3 Å². The standard InChI is InChI=1S/C22H17FN6OS/c1-14-9-16(7-8-18(14)23)20-27-19(30-28-20)12-31-22-17-10-26-29(21(17)24-13-25-22)11-15-5-3-2-4-6-15/h2-10,13H,11-12H2,1H3. The highest BCUT2D eigenvalue weighted by Crippen LogP contribution is 2.28. The summed E-state index contributed by atoms with van der Waals surface area (Å²) in [6, 6.07) is 14.8. The summed E-state index contributed by atoms with van der Waals surface area (Å²) >= 11 is 1.48. The van der Waals surface area contributed by atoms with Crippen molar-refractivity contribution in [3.05, 3.63) is 83.9 Å². The molecule has 0 radical (unpaired) electrons. The Morgan fingerprint density at radius 2 is 1.97 bits per heavy atom. The van der Waals surface area contributed by atoms with Crippen molar-refractivity contribution in [3.8, 4) is 11.4 Å². The molecule has 7 nitrogen and oxygen atoms in total. The van der Waals surface area contributed by atoms with Gasteiger partial charge in [0.1, 0.15) is 17.2 Å². The summed E-state index contributed by atoms with van der Waals surface area (Å²) in [5.41, 5.74) is 3.17. The largest absolute Gasteiger partial charge is 0.338 e. The first-order chi connectivity index (χ1) is 15.2. The average Bonchev–Trinajstić information content (AvgIpc) is 3.43. The molecule has 0 spiro atoms. The van der Waals surface area contributed by atoms with Crippen molar-refractivity contribution >= 4 is 22.8 Å². The minimum absolute atomic E-state index is 0.261. The quantitative estimate of drug-likeness (QED) is 0.285. The van der Waals surface area contributed by atoms with E-state index < -0.39 is 0 Å². The van der Waals surface area contributed by atoms with E-state index in [0.29, 0.717) is 35.1 Å². The number of thioether (sulfide) groups is 1. The number of hydrogen-bond donors (Lipinski definition) is 0. The van der Waals surface area contributed by atoms with Crippen molar-refractivity contribution in [2.45, 2.75) is 24.2 Å². The second kappa shape index (κ2) is 8.27. The van der Waals surface area contributed by atoms with Crippen molar-refractivity contribution in [1.82, 2.24) is 29.9 Å². The molecule has 0 bridgehead atoms. The van der Waals surface area contributed by atoms with E-state index in [0.717, 1.165) is 21.6 Å². The summed E-state index contributed by atoms with van der Waals surface area (Å²) in [6.45, 7) is 2.34. The molecular formula is C22H17FN6OS. The number of aryl methyl sites for hydroxylation is 1. The Balaban J connectivity index is 1.33. The van der Waals surface area contributed by atoms with E-state index in [4.69, 9.17) is 4.52 Å². The number of nitrogens with zero attached hydrogens (tertiary/aromatic N) is 6. The third-order valence-corrected chi connectivity index (χ3v) is 5.78. The van der Waals surface area contributed by atoms with Gasteiger partial charge in [0.2, 0.25) is 11.7 Å². The van der Waals surface area contributed by atoms with Gasteiger partial charge < -0.3 is 4.52 Å². The monoisotopic (exact) mass is 432 g/mol. The van der Waals surface area contributed by atoms with Crippen LogP contribution in [0.4, 0.5) is 4.39 Å². The van der Waals surface area contributed by atoms with E-state index in [9.17, 15) is 4.39 Å². The SMILES string of the molecule is Cc1cc(-c2noc(CSc3ncnc4c3cnn4Cc3ccccc3)n2)ccc1F. The first-order valence-electron chi connectivity index (χ1n) is 9.60. The van der Waals surface area contributed by atoms with Gasteiger partial charge in [0.25, 0.3) is 0 Å². The third-order valence-electron chi connectivity index (χ3n) is 4.79. The zero-order valence-corrected chi connectivity index (χ0v) is 17.4. The fourth-order valence-electron chi connectivity index (χ4n) is 3.20. The Kier molecular flexibility index (Phi) is 5.17. The molecule has 2 aromatic carbocycles. The second-order valence-corrected chi connectivity index (χ2v) is 7.93. The van der Waals surface area contributed by atoms with E-state index in [-0.39, 0.29) is 5.82 Å². The molecule has 154 valence electrons. The molecule has 3 aromatic heterocycles. The first kappa shape index (κ1) is 19.4. The molecule has 0 fully saturated rings. The molecule has 0 saturated carbocycles. The molecular weight excluding hydrogens is 415 g/mol. The Morgan fingerprint density at radius 1 is 1.10 bits per heavy atom. The first-order valence-corrected chi connectivity index (χ1v) is 10.6. The molecule has 31 heavy (non-hydrogen) atoms. The van der Waals surface area contributed by atoms with E-state index in [1.807, 2.05) is 22.9 Å². The van der Waals surface area contributed by atoms with Gasteiger partial charge in [-0.2, -0.15) is 10.1 Å². The zero-order valence-electron chi connectivity index (χ0n) is 16.6. The summed E-state index contributed by atoms with van der Waals surface area (Å²) < 4.78 is 20.7.